The summed E-state index contributed by atoms with van der Waals surface area (Å²) >= 11 is 3.00. The second-order valence-electron chi connectivity index (χ2n) is 3.80. The average molecular weight is 325 g/mol. The van der Waals surface area contributed by atoms with E-state index in [0.29, 0.717) is 5.39 Å². The quantitative estimate of drug-likeness (QED) is 0.285. The Morgan fingerprint density at radius 3 is 2.68 bits per heavy atom. The van der Waals surface area contributed by atoms with Crippen LogP contribution in [-0.2, 0) is 4.79 Å². The molecule has 0 aliphatic heterocycles. The number of esters is 1. The van der Waals surface area contributed by atoms with E-state index in [4.69, 9.17) is 9.15 Å². The fourth-order valence-electron chi connectivity index (χ4n) is 1.59. The predicted molar refractivity (Wildman–Crippen MR) is 71.9 cm³/mol. The molecule has 0 amide bonds. The molecule has 0 aliphatic rings. The molecule has 0 atom stereocenters. The van der Waals surface area contributed by atoms with Gasteiger partial charge in [0.1, 0.15) is 16.9 Å². The highest BCUT2D eigenvalue weighted by Crippen LogP contribution is 2.20. The summed E-state index contributed by atoms with van der Waals surface area (Å²) < 4.78 is 9.94. The summed E-state index contributed by atoms with van der Waals surface area (Å²) in [6, 6.07) is 6.07. The molecule has 0 bridgehead atoms. The fourth-order valence-corrected chi connectivity index (χ4v) is 1.89. The number of halogens is 1. The molecule has 2 aromatic rings. The van der Waals surface area contributed by atoms with Crippen LogP contribution in [-0.4, -0.2) is 17.1 Å². The van der Waals surface area contributed by atoms with Gasteiger partial charge < -0.3 is 9.15 Å². The lowest BCUT2D eigenvalue weighted by molar-refractivity contribution is -0.131. The van der Waals surface area contributed by atoms with Crippen LogP contribution in [0.3, 0.4) is 0 Å². The molecule has 0 fully saturated rings. The summed E-state index contributed by atoms with van der Waals surface area (Å²) in [4.78, 5) is 34.0. The normalized spacial score (nSPS) is 10.4. The SMILES string of the molecule is CC(=O)Oc1ccc2cc(C(=O)CBr)c(=O)oc2c1. The molecule has 19 heavy (non-hydrogen) atoms. The predicted octanol–water partition coefficient (Wildman–Crippen LogP) is 2.30. The minimum atomic E-state index is -0.711. The first-order valence-corrected chi connectivity index (χ1v) is 6.49. The third-order valence-electron chi connectivity index (χ3n) is 2.39. The van der Waals surface area contributed by atoms with Gasteiger partial charge in [-0.05, 0) is 18.2 Å². The molecular weight excluding hydrogens is 316 g/mol. The molecule has 0 saturated heterocycles. The van der Waals surface area contributed by atoms with Crippen molar-refractivity contribution in [2.75, 3.05) is 5.33 Å². The monoisotopic (exact) mass is 324 g/mol. The van der Waals surface area contributed by atoms with Gasteiger partial charge >= 0.3 is 11.6 Å². The number of carbonyl (C=O) groups is 2. The Bertz CT molecular complexity index is 717. The topological polar surface area (TPSA) is 73.6 Å². The minimum absolute atomic E-state index is 0.00962. The molecule has 0 unspecified atom stereocenters. The highest BCUT2D eigenvalue weighted by atomic mass is 79.9. The van der Waals surface area contributed by atoms with Crippen LogP contribution in [0.2, 0.25) is 0 Å². The average Bonchev–Trinajstić information content (AvgIpc) is 2.36. The number of rotatable bonds is 3. The van der Waals surface area contributed by atoms with Crippen LogP contribution in [0.1, 0.15) is 17.3 Å². The van der Waals surface area contributed by atoms with Crippen LogP contribution < -0.4 is 10.4 Å². The van der Waals surface area contributed by atoms with E-state index in [0.717, 1.165) is 0 Å². The Hall–Kier alpha value is -1.95. The van der Waals surface area contributed by atoms with Gasteiger partial charge in [-0.25, -0.2) is 4.79 Å². The van der Waals surface area contributed by atoms with Gasteiger partial charge in [0.15, 0.2) is 5.78 Å². The first-order chi connectivity index (χ1) is 9.01. The Labute approximate surface area is 116 Å². The number of fused-ring (bicyclic) bond motifs is 1. The molecule has 0 saturated carbocycles. The Balaban J connectivity index is 2.55. The highest BCUT2D eigenvalue weighted by molar-refractivity contribution is 9.09. The van der Waals surface area contributed by atoms with Crippen molar-refractivity contribution in [2.45, 2.75) is 6.92 Å². The Morgan fingerprint density at radius 1 is 1.32 bits per heavy atom. The maximum atomic E-state index is 11.7. The maximum Gasteiger partial charge on any atom is 0.347 e. The van der Waals surface area contributed by atoms with E-state index in [1.54, 1.807) is 12.1 Å². The second-order valence-corrected chi connectivity index (χ2v) is 4.36. The number of benzene rings is 1. The summed E-state index contributed by atoms with van der Waals surface area (Å²) in [5, 5.41) is 0.634. The van der Waals surface area contributed by atoms with Gasteiger partial charge in [0.2, 0.25) is 0 Å². The van der Waals surface area contributed by atoms with Crippen LogP contribution >= 0.6 is 15.9 Å². The third kappa shape index (κ3) is 2.90. The van der Waals surface area contributed by atoms with Crippen molar-refractivity contribution in [1.29, 1.82) is 0 Å². The standard InChI is InChI=1S/C13H9BrO5/c1-7(15)18-9-3-2-8-4-10(11(16)6-14)13(17)19-12(8)5-9/h2-5H,6H2,1H3. The van der Waals surface area contributed by atoms with Gasteiger partial charge in [-0.15, -0.1) is 0 Å². The van der Waals surface area contributed by atoms with Crippen molar-refractivity contribution in [2.24, 2.45) is 0 Å². The largest absolute Gasteiger partial charge is 0.427 e. The number of ketones is 1. The minimum Gasteiger partial charge on any atom is -0.427 e. The van der Waals surface area contributed by atoms with Crippen LogP contribution in [0.25, 0.3) is 11.0 Å². The molecule has 6 heteroatoms. The summed E-state index contributed by atoms with van der Waals surface area (Å²) in [5.74, 6) is -0.532. The number of ether oxygens (including phenoxy) is 1. The van der Waals surface area contributed by atoms with Crippen molar-refractivity contribution < 1.29 is 18.7 Å². The van der Waals surface area contributed by atoms with E-state index in [1.165, 1.54) is 19.1 Å². The van der Waals surface area contributed by atoms with Crippen molar-refractivity contribution in [1.82, 2.24) is 0 Å². The molecule has 0 N–H and O–H groups in total. The van der Waals surface area contributed by atoms with E-state index in [-0.39, 0.29) is 28.0 Å². The van der Waals surface area contributed by atoms with Gasteiger partial charge in [-0.3, -0.25) is 9.59 Å². The van der Waals surface area contributed by atoms with Gasteiger partial charge in [0.05, 0.1) is 5.33 Å². The van der Waals surface area contributed by atoms with Crippen LogP contribution in [0.5, 0.6) is 5.75 Å². The zero-order valence-electron chi connectivity index (χ0n) is 9.94. The number of carbonyl (C=O) groups excluding carboxylic acids is 2. The van der Waals surface area contributed by atoms with Crippen molar-refractivity contribution in [3.05, 3.63) is 40.2 Å². The van der Waals surface area contributed by atoms with E-state index < -0.39 is 11.6 Å². The number of hydrogen-bond donors (Lipinski definition) is 0. The fraction of sp³-hybridized carbons (Fsp3) is 0.154. The Morgan fingerprint density at radius 2 is 2.05 bits per heavy atom. The van der Waals surface area contributed by atoms with E-state index in [1.807, 2.05) is 0 Å². The zero-order chi connectivity index (χ0) is 14.0. The summed E-state index contributed by atoms with van der Waals surface area (Å²) in [6.07, 6.45) is 0. The molecule has 0 aliphatic carbocycles. The number of alkyl halides is 1. The lowest BCUT2D eigenvalue weighted by Gasteiger charge is -2.03. The molecule has 1 heterocycles. The van der Waals surface area contributed by atoms with Crippen molar-refractivity contribution in [3.8, 4) is 5.75 Å². The first kappa shape index (κ1) is 13.5. The highest BCUT2D eigenvalue weighted by Gasteiger charge is 2.13. The van der Waals surface area contributed by atoms with Crippen LogP contribution in [0.15, 0.2) is 33.5 Å². The van der Waals surface area contributed by atoms with E-state index >= 15 is 0 Å². The maximum absolute atomic E-state index is 11.7. The number of Topliss-reactive ketones (excluding diaryl/α,β-unsaturated/α-hetero) is 1. The van der Waals surface area contributed by atoms with Crippen LogP contribution in [0, 0.1) is 0 Å². The zero-order valence-corrected chi connectivity index (χ0v) is 11.5. The van der Waals surface area contributed by atoms with E-state index in [2.05, 4.69) is 15.9 Å². The first-order valence-electron chi connectivity index (χ1n) is 5.37. The molecule has 0 radical (unpaired) electrons. The second kappa shape index (κ2) is 5.36. The van der Waals surface area contributed by atoms with Crippen molar-refractivity contribution in [3.63, 3.8) is 0 Å². The lowest BCUT2D eigenvalue weighted by atomic mass is 10.1. The van der Waals surface area contributed by atoms with Gasteiger partial charge in [0, 0.05) is 18.4 Å². The third-order valence-corrected chi connectivity index (χ3v) is 2.90. The molecule has 0 spiro atoms. The molecule has 1 aromatic heterocycles. The molecule has 2 rings (SSSR count). The molecule has 1 aromatic carbocycles. The summed E-state index contributed by atoms with van der Waals surface area (Å²) in [6.45, 7) is 1.28. The smallest absolute Gasteiger partial charge is 0.347 e. The summed E-state index contributed by atoms with van der Waals surface area (Å²) in [5.41, 5.74) is -0.462. The molecule has 5 nitrogen and oxygen atoms in total. The lowest BCUT2D eigenvalue weighted by Crippen LogP contribution is -2.14. The number of hydrogen-bond acceptors (Lipinski definition) is 5. The molecular formula is C13H9BrO5. The van der Waals surface area contributed by atoms with Crippen LogP contribution in [0.4, 0.5) is 0 Å². The van der Waals surface area contributed by atoms with Gasteiger partial charge in [-0.1, -0.05) is 15.9 Å². The van der Waals surface area contributed by atoms with Gasteiger partial charge in [0.25, 0.3) is 0 Å². The Kier molecular flexibility index (Phi) is 3.80. The van der Waals surface area contributed by atoms with E-state index in [9.17, 15) is 14.4 Å². The summed E-state index contributed by atoms with van der Waals surface area (Å²) in [7, 11) is 0. The van der Waals surface area contributed by atoms with Crippen molar-refractivity contribution >= 4 is 38.7 Å². The molecule has 98 valence electrons. The van der Waals surface area contributed by atoms with Gasteiger partial charge in [-0.2, -0.15) is 0 Å².